The average molecular weight is 373 g/mol. The lowest BCUT2D eigenvalue weighted by atomic mass is 10.3. The van der Waals surface area contributed by atoms with Crippen LogP contribution in [-0.2, 0) is 12.8 Å². The molecule has 0 aliphatic heterocycles. The summed E-state index contributed by atoms with van der Waals surface area (Å²) in [4.78, 5) is 26.8. The third-order valence-electron chi connectivity index (χ3n) is 3.42. The van der Waals surface area contributed by atoms with Crippen molar-refractivity contribution < 1.29 is 14.1 Å². The Kier molecular flexibility index (Phi) is 5.23. The zero-order valence-corrected chi connectivity index (χ0v) is 14.5. The van der Waals surface area contributed by atoms with Crippen LogP contribution < -0.4 is 10.9 Å². The van der Waals surface area contributed by atoms with E-state index < -0.39 is 10.8 Å². The number of nitro groups is 1. The molecule has 2 N–H and O–H groups in total. The lowest BCUT2D eigenvalue weighted by molar-refractivity contribution is -0.384. The van der Waals surface area contributed by atoms with E-state index in [0.717, 1.165) is 5.16 Å². The van der Waals surface area contributed by atoms with E-state index in [9.17, 15) is 14.9 Å². The van der Waals surface area contributed by atoms with Gasteiger partial charge in [0.15, 0.2) is 10.9 Å². The standard InChI is InChI=1S/C16H15N5O4S/c1-20-9-8-17-16(20)26-10-11-6-7-14(25-11)15(22)19-18-12-4-2-3-5-13(12)21(23)24/h2-9,18H,10H2,1H3,(H,19,22). The molecule has 0 unspecified atom stereocenters. The number of anilines is 1. The number of carbonyl (C=O) groups excluding carboxylic acids is 1. The highest BCUT2D eigenvalue weighted by molar-refractivity contribution is 7.98. The first-order valence-electron chi connectivity index (χ1n) is 7.53. The number of nitrogens with zero attached hydrogens (tertiary/aromatic N) is 3. The smallest absolute Gasteiger partial charge is 0.305 e. The predicted octanol–water partition coefficient (Wildman–Crippen LogP) is 2.97. The first-order valence-corrected chi connectivity index (χ1v) is 8.52. The van der Waals surface area contributed by atoms with Gasteiger partial charge >= 0.3 is 5.91 Å². The number of furan rings is 1. The van der Waals surface area contributed by atoms with Crippen LogP contribution in [0.1, 0.15) is 16.3 Å². The van der Waals surface area contributed by atoms with Crippen molar-refractivity contribution in [2.45, 2.75) is 10.9 Å². The highest BCUT2D eigenvalue weighted by Gasteiger charge is 2.15. The SMILES string of the molecule is Cn1ccnc1SCc1ccc(C(=O)NNc2ccccc2[N+](=O)[O-])o1. The molecule has 1 amide bonds. The van der Waals surface area contributed by atoms with Crippen LogP contribution in [0.25, 0.3) is 0 Å². The number of imidazole rings is 1. The number of rotatable bonds is 7. The molecule has 1 aromatic carbocycles. The summed E-state index contributed by atoms with van der Waals surface area (Å²) in [7, 11) is 1.89. The molecule has 10 heteroatoms. The highest BCUT2D eigenvalue weighted by Crippen LogP contribution is 2.23. The van der Waals surface area contributed by atoms with Crippen LogP contribution in [0.3, 0.4) is 0 Å². The number of hydrogen-bond acceptors (Lipinski definition) is 7. The molecule has 0 radical (unpaired) electrons. The second-order valence-electron chi connectivity index (χ2n) is 5.23. The molecule has 0 aliphatic rings. The van der Waals surface area contributed by atoms with Gasteiger partial charge in [-0.25, -0.2) is 4.98 Å². The van der Waals surface area contributed by atoms with E-state index in [2.05, 4.69) is 15.8 Å². The first-order chi connectivity index (χ1) is 12.5. The Morgan fingerprint density at radius 3 is 2.88 bits per heavy atom. The van der Waals surface area contributed by atoms with Crippen LogP contribution in [-0.4, -0.2) is 20.4 Å². The Bertz CT molecular complexity index is 936. The van der Waals surface area contributed by atoms with E-state index in [1.165, 1.54) is 23.9 Å². The summed E-state index contributed by atoms with van der Waals surface area (Å²) in [6.07, 6.45) is 3.55. The van der Waals surface area contributed by atoms with Gasteiger partial charge in [0.1, 0.15) is 11.4 Å². The molecule has 0 spiro atoms. The fraction of sp³-hybridized carbons (Fsp3) is 0.125. The maximum Gasteiger partial charge on any atom is 0.305 e. The fourth-order valence-electron chi connectivity index (χ4n) is 2.13. The molecule has 3 rings (SSSR count). The Labute approximate surface area is 152 Å². The van der Waals surface area contributed by atoms with E-state index in [1.54, 1.807) is 30.5 Å². The molecule has 0 aliphatic carbocycles. The van der Waals surface area contributed by atoms with Gasteiger partial charge in [-0.1, -0.05) is 23.9 Å². The molecule has 0 saturated heterocycles. The predicted molar refractivity (Wildman–Crippen MR) is 95.7 cm³/mol. The van der Waals surface area contributed by atoms with Crippen molar-refractivity contribution in [3.8, 4) is 0 Å². The summed E-state index contributed by atoms with van der Waals surface area (Å²) in [5.41, 5.74) is 4.98. The maximum absolute atomic E-state index is 12.1. The third-order valence-corrected chi connectivity index (χ3v) is 4.50. The van der Waals surface area contributed by atoms with Crippen molar-refractivity contribution >= 4 is 29.0 Å². The van der Waals surface area contributed by atoms with Crippen molar-refractivity contribution in [3.05, 3.63) is 70.4 Å². The Morgan fingerprint density at radius 2 is 2.15 bits per heavy atom. The van der Waals surface area contributed by atoms with Gasteiger partial charge in [-0.05, 0) is 18.2 Å². The zero-order valence-electron chi connectivity index (χ0n) is 13.7. The monoisotopic (exact) mass is 373 g/mol. The quantitative estimate of drug-likeness (QED) is 0.372. The van der Waals surface area contributed by atoms with Gasteiger partial charge in [-0.15, -0.1) is 0 Å². The second kappa shape index (κ2) is 7.74. The molecule has 134 valence electrons. The minimum absolute atomic E-state index is 0.103. The van der Waals surface area contributed by atoms with Crippen LogP contribution in [0.15, 0.2) is 58.4 Å². The van der Waals surface area contributed by atoms with Crippen LogP contribution in [0.2, 0.25) is 0 Å². The molecule has 0 bridgehead atoms. The molecule has 0 atom stereocenters. The number of hydrazine groups is 1. The largest absolute Gasteiger partial charge is 0.455 e. The number of nitrogens with one attached hydrogen (secondary N) is 2. The summed E-state index contributed by atoms with van der Waals surface area (Å²) >= 11 is 1.48. The van der Waals surface area contributed by atoms with Gasteiger partial charge in [0.05, 0.1) is 10.7 Å². The molecule has 9 nitrogen and oxygen atoms in total. The molecule has 0 fully saturated rings. The molecule has 3 aromatic rings. The van der Waals surface area contributed by atoms with Crippen LogP contribution in [0.4, 0.5) is 11.4 Å². The number of aromatic nitrogens is 2. The van der Waals surface area contributed by atoms with Gasteiger partial charge in [-0.2, -0.15) is 0 Å². The number of amides is 1. The maximum atomic E-state index is 12.1. The van der Waals surface area contributed by atoms with Gasteiger partial charge in [-0.3, -0.25) is 25.8 Å². The number of thioether (sulfide) groups is 1. The summed E-state index contributed by atoms with van der Waals surface area (Å²) in [5.74, 6) is 0.715. The summed E-state index contributed by atoms with van der Waals surface area (Å²) in [6, 6.07) is 9.26. The lowest BCUT2D eigenvalue weighted by Gasteiger charge is -2.07. The van der Waals surface area contributed by atoms with Gasteiger partial charge < -0.3 is 8.98 Å². The van der Waals surface area contributed by atoms with Gasteiger partial charge in [0.25, 0.3) is 5.69 Å². The number of hydrogen-bond donors (Lipinski definition) is 2. The van der Waals surface area contributed by atoms with E-state index in [1.807, 2.05) is 17.8 Å². The van der Waals surface area contributed by atoms with Crippen molar-refractivity contribution in [2.24, 2.45) is 7.05 Å². The zero-order chi connectivity index (χ0) is 18.5. The van der Waals surface area contributed by atoms with Crippen LogP contribution in [0.5, 0.6) is 0 Å². The molecular weight excluding hydrogens is 358 g/mol. The number of benzene rings is 1. The van der Waals surface area contributed by atoms with Crippen LogP contribution >= 0.6 is 11.8 Å². The van der Waals surface area contributed by atoms with Crippen molar-refractivity contribution in [1.29, 1.82) is 0 Å². The summed E-state index contributed by atoms with van der Waals surface area (Å²) in [6.45, 7) is 0. The van der Waals surface area contributed by atoms with Crippen molar-refractivity contribution in [3.63, 3.8) is 0 Å². The Morgan fingerprint density at radius 1 is 1.35 bits per heavy atom. The first kappa shape index (κ1) is 17.5. The number of nitro benzene ring substituents is 1. The van der Waals surface area contributed by atoms with E-state index >= 15 is 0 Å². The molecular formula is C16H15N5O4S. The average Bonchev–Trinajstić information content (AvgIpc) is 3.27. The molecule has 2 heterocycles. The minimum atomic E-state index is -0.533. The number of aryl methyl sites for hydroxylation is 1. The molecule has 26 heavy (non-hydrogen) atoms. The van der Waals surface area contributed by atoms with Crippen LogP contribution in [0, 0.1) is 10.1 Å². The van der Waals surface area contributed by atoms with Crippen molar-refractivity contribution in [1.82, 2.24) is 15.0 Å². The topological polar surface area (TPSA) is 115 Å². The molecule has 0 saturated carbocycles. The second-order valence-corrected chi connectivity index (χ2v) is 6.17. The normalized spacial score (nSPS) is 10.5. The lowest BCUT2D eigenvalue weighted by Crippen LogP contribution is -2.29. The van der Waals surface area contributed by atoms with E-state index in [4.69, 9.17) is 4.42 Å². The van der Waals surface area contributed by atoms with Gasteiger partial charge in [0, 0.05) is 25.5 Å². The van der Waals surface area contributed by atoms with Crippen molar-refractivity contribution in [2.75, 3.05) is 5.43 Å². The van der Waals surface area contributed by atoms with Gasteiger partial charge in [0.2, 0.25) is 0 Å². The Balaban J connectivity index is 1.58. The number of para-hydroxylation sites is 2. The third kappa shape index (κ3) is 4.03. The van der Waals surface area contributed by atoms with E-state index in [-0.39, 0.29) is 17.1 Å². The summed E-state index contributed by atoms with van der Waals surface area (Å²) < 4.78 is 7.39. The fourth-order valence-corrected chi connectivity index (χ4v) is 2.95. The number of carbonyl (C=O) groups is 1. The van der Waals surface area contributed by atoms with E-state index in [0.29, 0.717) is 11.5 Å². The summed E-state index contributed by atoms with van der Waals surface area (Å²) in [5, 5.41) is 11.8. The molecule has 2 aromatic heterocycles. The Hall–Kier alpha value is -3.27. The minimum Gasteiger partial charge on any atom is -0.455 e. The highest BCUT2D eigenvalue weighted by atomic mass is 32.2.